The smallest absolute Gasteiger partial charge is 0.315 e. The summed E-state index contributed by atoms with van der Waals surface area (Å²) in [6.45, 7) is -0.0643. The van der Waals surface area contributed by atoms with Crippen LogP contribution in [0, 0.1) is 10.1 Å². The molecule has 0 spiro atoms. The molecule has 2 N–H and O–H groups in total. The van der Waals surface area contributed by atoms with Gasteiger partial charge >= 0.3 is 11.8 Å². The second-order valence-electron chi connectivity index (χ2n) is 6.37. The normalized spacial score (nSPS) is 11.0. The number of nitrogens with zero attached hydrogens (tertiary/aromatic N) is 3. The summed E-state index contributed by atoms with van der Waals surface area (Å²) >= 11 is 0. The molecule has 0 saturated carbocycles. The van der Waals surface area contributed by atoms with Crippen LogP contribution in [0.5, 0.6) is 0 Å². The zero-order chi connectivity index (χ0) is 23.1. The van der Waals surface area contributed by atoms with Crippen LogP contribution in [0.2, 0.25) is 0 Å². The van der Waals surface area contributed by atoms with Crippen molar-refractivity contribution in [1.82, 2.24) is 20.8 Å². The number of hydrogen-bond acceptors (Lipinski definition) is 9. The first-order chi connectivity index (χ1) is 15.3. The number of hydrogen-bond donors (Lipinski definition) is 2. The first-order valence-corrected chi connectivity index (χ1v) is 10.8. The molecular formula is C19H17N5O7S. The molecule has 1 heterocycles. The van der Waals surface area contributed by atoms with E-state index in [0.717, 1.165) is 0 Å². The van der Waals surface area contributed by atoms with Crippen LogP contribution in [0.15, 0.2) is 64.0 Å². The molecule has 0 aliphatic carbocycles. The van der Waals surface area contributed by atoms with E-state index in [0.29, 0.717) is 0 Å². The van der Waals surface area contributed by atoms with Crippen LogP contribution in [0.1, 0.15) is 26.9 Å². The fourth-order valence-electron chi connectivity index (χ4n) is 2.63. The molecule has 3 aromatic rings. The van der Waals surface area contributed by atoms with Crippen molar-refractivity contribution in [3.63, 3.8) is 0 Å². The number of sulfone groups is 1. The van der Waals surface area contributed by atoms with Gasteiger partial charge in [-0.15, -0.1) is 0 Å². The highest BCUT2D eigenvalue weighted by Crippen LogP contribution is 2.17. The Hall–Kier alpha value is -4.13. The number of rotatable bonds is 9. The molecule has 166 valence electrons. The van der Waals surface area contributed by atoms with Gasteiger partial charge in [0.05, 0.1) is 9.82 Å². The van der Waals surface area contributed by atoms with Gasteiger partial charge in [-0.2, -0.15) is 4.98 Å². The summed E-state index contributed by atoms with van der Waals surface area (Å²) in [6.07, 6.45) is 0. The van der Waals surface area contributed by atoms with E-state index in [1.54, 1.807) is 18.2 Å². The van der Waals surface area contributed by atoms with E-state index >= 15 is 0 Å². The van der Waals surface area contributed by atoms with Crippen LogP contribution in [0.25, 0.3) is 0 Å². The summed E-state index contributed by atoms with van der Waals surface area (Å²) in [4.78, 5) is 38.4. The lowest BCUT2D eigenvalue weighted by atomic mass is 10.1. The lowest BCUT2D eigenvalue weighted by molar-refractivity contribution is -0.385. The summed E-state index contributed by atoms with van der Waals surface area (Å²) in [7, 11) is -3.70. The molecule has 2 aromatic carbocycles. The Morgan fingerprint density at radius 2 is 1.59 bits per heavy atom. The van der Waals surface area contributed by atoms with Crippen LogP contribution in [-0.4, -0.2) is 48.4 Å². The van der Waals surface area contributed by atoms with Gasteiger partial charge in [0.15, 0.2) is 15.7 Å². The van der Waals surface area contributed by atoms with E-state index in [-0.39, 0.29) is 35.1 Å². The summed E-state index contributed by atoms with van der Waals surface area (Å²) in [5, 5.41) is 19.4. The Labute approximate surface area is 181 Å². The molecule has 0 unspecified atom stereocenters. The minimum atomic E-state index is -3.70. The average Bonchev–Trinajstić information content (AvgIpc) is 3.25. The third-order valence-corrected chi connectivity index (χ3v) is 5.75. The lowest BCUT2D eigenvalue weighted by Gasteiger charge is -2.06. The molecule has 2 amide bonds. The fourth-order valence-corrected chi connectivity index (χ4v) is 3.83. The summed E-state index contributed by atoms with van der Waals surface area (Å²) in [5.74, 6) is -2.59. The molecule has 0 aliphatic heterocycles. The van der Waals surface area contributed by atoms with Gasteiger partial charge in [-0.05, 0) is 18.2 Å². The van der Waals surface area contributed by atoms with Gasteiger partial charge in [0.2, 0.25) is 0 Å². The zero-order valence-corrected chi connectivity index (χ0v) is 17.2. The fraction of sp³-hybridized carbons (Fsp3) is 0.158. The number of carbonyl (C=O) groups excluding carboxylic acids is 2. The minimum Gasteiger partial charge on any atom is -0.350 e. The van der Waals surface area contributed by atoms with E-state index < -0.39 is 38.2 Å². The molecule has 12 nitrogen and oxygen atoms in total. The van der Waals surface area contributed by atoms with Crippen molar-refractivity contribution in [2.75, 3.05) is 13.1 Å². The highest BCUT2D eigenvalue weighted by atomic mass is 32.2. The van der Waals surface area contributed by atoms with Gasteiger partial charge in [-0.25, -0.2) is 8.42 Å². The molecule has 1 aromatic heterocycles. The Kier molecular flexibility index (Phi) is 6.90. The highest BCUT2D eigenvalue weighted by Gasteiger charge is 2.22. The Morgan fingerprint density at radius 3 is 2.28 bits per heavy atom. The molecule has 32 heavy (non-hydrogen) atoms. The van der Waals surface area contributed by atoms with E-state index in [4.69, 9.17) is 4.52 Å². The van der Waals surface area contributed by atoms with Crippen LogP contribution in [0.3, 0.4) is 0 Å². The van der Waals surface area contributed by atoms with Crippen molar-refractivity contribution in [3.8, 4) is 0 Å². The standard InChI is InChI=1S/C19H17N5O7S/c25-17(14-8-4-5-9-15(14)24(27)28)20-10-11-21-18(26)19-22-16(23-31-19)12-32(29,30)13-6-2-1-3-7-13/h1-9H,10-12H2,(H,20,25)(H,21,26). The van der Waals surface area contributed by atoms with Crippen LogP contribution < -0.4 is 10.6 Å². The van der Waals surface area contributed by atoms with Crippen molar-refractivity contribution < 1.29 is 27.5 Å². The first kappa shape index (κ1) is 22.6. The van der Waals surface area contributed by atoms with Crippen molar-refractivity contribution in [2.24, 2.45) is 0 Å². The predicted octanol–water partition coefficient (Wildman–Crippen LogP) is 1.11. The summed E-state index contributed by atoms with van der Waals surface area (Å²) in [6, 6.07) is 13.2. The topological polar surface area (TPSA) is 174 Å². The third kappa shape index (κ3) is 5.51. The number of nitro benzene ring substituents is 1. The maximum atomic E-state index is 12.3. The minimum absolute atomic E-state index is 0.0278. The monoisotopic (exact) mass is 459 g/mol. The molecule has 0 aliphatic rings. The number of para-hydroxylation sites is 1. The van der Waals surface area contributed by atoms with Crippen LogP contribution >= 0.6 is 0 Å². The number of nitro groups is 1. The zero-order valence-electron chi connectivity index (χ0n) is 16.4. The number of benzene rings is 2. The second-order valence-corrected chi connectivity index (χ2v) is 8.36. The molecule has 13 heteroatoms. The van der Waals surface area contributed by atoms with Gasteiger partial charge in [0.1, 0.15) is 11.3 Å². The average molecular weight is 459 g/mol. The molecule has 0 bridgehead atoms. The first-order valence-electron chi connectivity index (χ1n) is 9.18. The lowest BCUT2D eigenvalue weighted by Crippen LogP contribution is -2.35. The van der Waals surface area contributed by atoms with Crippen molar-refractivity contribution in [1.29, 1.82) is 0 Å². The molecule has 0 radical (unpaired) electrons. The van der Waals surface area contributed by atoms with Gasteiger partial charge in [0.25, 0.3) is 11.6 Å². The van der Waals surface area contributed by atoms with Crippen molar-refractivity contribution in [3.05, 3.63) is 82.0 Å². The molecule has 0 fully saturated rings. The summed E-state index contributed by atoms with van der Waals surface area (Å²) in [5.41, 5.74) is -0.442. The Balaban J connectivity index is 1.51. The Bertz CT molecular complexity index is 1240. The molecule has 3 rings (SSSR count). The maximum Gasteiger partial charge on any atom is 0.315 e. The van der Waals surface area contributed by atoms with Gasteiger partial charge in [-0.3, -0.25) is 19.7 Å². The molecule has 0 atom stereocenters. The largest absolute Gasteiger partial charge is 0.350 e. The third-order valence-electron chi connectivity index (χ3n) is 4.13. The molecule has 0 saturated heterocycles. The number of carbonyl (C=O) groups is 2. The summed E-state index contributed by atoms with van der Waals surface area (Å²) < 4.78 is 29.5. The second kappa shape index (κ2) is 9.78. The number of nitrogens with one attached hydrogen (secondary N) is 2. The SMILES string of the molecule is O=C(NCCNC(=O)c1ccccc1[N+](=O)[O-])c1nc(CS(=O)(=O)c2ccccc2)no1. The van der Waals surface area contributed by atoms with Crippen LogP contribution in [-0.2, 0) is 15.6 Å². The number of amides is 2. The van der Waals surface area contributed by atoms with E-state index in [2.05, 4.69) is 20.8 Å². The molecular weight excluding hydrogens is 442 g/mol. The van der Waals surface area contributed by atoms with E-state index in [1.165, 1.54) is 36.4 Å². The van der Waals surface area contributed by atoms with Gasteiger partial charge < -0.3 is 15.2 Å². The number of aromatic nitrogens is 2. The Morgan fingerprint density at radius 1 is 0.969 bits per heavy atom. The van der Waals surface area contributed by atoms with Crippen LogP contribution in [0.4, 0.5) is 5.69 Å². The van der Waals surface area contributed by atoms with Crippen molar-refractivity contribution in [2.45, 2.75) is 10.6 Å². The maximum absolute atomic E-state index is 12.3. The van der Waals surface area contributed by atoms with Crippen molar-refractivity contribution >= 4 is 27.3 Å². The van der Waals surface area contributed by atoms with Gasteiger partial charge in [-0.1, -0.05) is 35.5 Å². The van der Waals surface area contributed by atoms with E-state index in [9.17, 15) is 28.1 Å². The predicted molar refractivity (Wildman–Crippen MR) is 109 cm³/mol. The highest BCUT2D eigenvalue weighted by molar-refractivity contribution is 7.90. The van der Waals surface area contributed by atoms with Gasteiger partial charge in [0, 0.05) is 19.2 Å². The van der Waals surface area contributed by atoms with E-state index in [1.807, 2.05) is 0 Å². The quantitative estimate of drug-likeness (QED) is 0.270.